The number of halogens is 3. The lowest BCUT2D eigenvalue weighted by Gasteiger charge is -2.36. The maximum atomic E-state index is 12.6. The molecule has 0 saturated carbocycles. The third-order valence-corrected chi connectivity index (χ3v) is 3.85. The van der Waals surface area contributed by atoms with Gasteiger partial charge in [0.05, 0.1) is 0 Å². The van der Waals surface area contributed by atoms with E-state index in [-0.39, 0.29) is 13.0 Å². The second-order valence-corrected chi connectivity index (χ2v) is 5.80. The highest BCUT2D eigenvalue weighted by molar-refractivity contribution is 5.88. The molecular formula is C16H19F3N2O3. The summed E-state index contributed by atoms with van der Waals surface area (Å²) in [6, 6.07) is 9.00. The summed E-state index contributed by atoms with van der Waals surface area (Å²) in [5, 5.41) is 0. The average Bonchev–Trinajstić information content (AvgIpc) is 2.52. The van der Waals surface area contributed by atoms with Gasteiger partial charge in [0, 0.05) is 19.5 Å². The smallest absolute Gasteiger partial charge is 0.428 e. The molecule has 5 nitrogen and oxygen atoms in total. The van der Waals surface area contributed by atoms with Gasteiger partial charge in [0.15, 0.2) is 0 Å². The molecule has 2 N–H and O–H groups in total. The van der Waals surface area contributed by atoms with Gasteiger partial charge in [-0.25, -0.2) is 4.79 Å². The Morgan fingerprint density at radius 1 is 1.21 bits per heavy atom. The Morgan fingerprint density at radius 2 is 1.88 bits per heavy atom. The molecular weight excluding hydrogens is 325 g/mol. The Balaban J connectivity index is 2.19. The van der Waals surface area contributed by atoms with E-state index in [1.54, 1.807) is 24.3 Å². The highest BCUT2D eigenvalue weighted by atomic mass is 19.4. The molecule has 8 heteroatoms. The molecule has 0 aliphatic carbocycles. The van der Waals surface area contributed by atoms with Crippen molar-refractivity contribution in [1.82, 2.24) is 4.90 Å². The zero-order valence-corrected chi connectivity index (χ0v) is 13.0. The second-order valence-electron chi connectivity index (χ2n) is 5.80. The van der Waals surface area contributed by atoms with Crippen molar-refractivity contribution in [2.75, 3.05) is 6.54 Å². The molecule has 1 heterocycles. The van der Waals surface area contributed by atoms with Gasteiger partial charge in [-0.3, -0.25) is 10.5 Å². The van der Waals surface area contributed by atoms with Gasteiger partial charge < -0.3 is 9.64 Å². The van der Waals surface area contributed by atoms with Gasteiger partial charge in [-0.05, 0) is 18.4 Å². The first-order valence-corrected chi connectivity index (χ1v) is 7.65. The van der Waals surface area contributed by atoms with E-state index in [1.165, 1.54) is 4.90 Å². The molecule has 1 amide bonds. The lowest BCUT2D eigenvalue weighted by molar-refractivity contribution is -0.217. The first-order valence-electron chi connectivity index (χ1n) is 7.65. The van der Waals surface area contributed by atoms with Crippen molar-refractivity contribution < 1.29 is 27.5 Å². The van der Waals surface area contributed by atoms with E-state index in [1.807, 2.05) is 6.07 Å². The maximum absolute atomic E-state index is 12.6. The molecule has 1 fully saturated rings. The number of likely N-dealkylation sites (tertiary alicyclic amines) is 1. The van der Waals surface area contributed by atoms with Crippen molar-refractivity contribution in [2.24, 2.45) is 5.73 Å². The van der Waals surface area contributed by atoms with Gasteiger partial charge in [0.2, 0.25) is 5.72 Å². The predicted octanol–water partition coefficient (Wildman–Crippen LogP) is 2.35. The second kappa shape index (κ2) is 7.21. The average molecular weight is 344 g/mol. The lowest BCUT2D eigenvalue weighted by atomic mass is 10.00. The zero-order chi connectivity index (χ0) is 17.8. The van der Waals surface area contributed by atoms with Crippen molar-refractivity contribution in [3.8, 4) is 0 Å². The number of nitrogens with two attached hydrogens (primary N) is 1. The number of carbonyl (C=O) groups excluding carboxylic acids is 2. The fourth-order valence-corrected chi connectivity index (χ4v) is 2.62. The standard InChI is InChI=1S/C16H19F3N2O3/c17-16(18,19)14(23)24-15(20)9-5-2-6-10-21(13(15)22)11-12-7-3-1-4-8-12/h1,3-4,7-8H,2,5-6,9-11,20H2/t15-/m0/s1. The molecule has 1 aromatic carbocycles. The van der Waals surface area contributed by atoms with Crippen LogP contribution in [0.2, 0.25) is 0 Å². The molecule has 1 aliphatic rings. The monoisotopic (exact) mass is 344 g/mol. The molecule has 132 valence electrons. The van der Waals surface area contributed by atoms with E-state index >= 15 is 0 Å². The topological polar surface area (TPSA) is 72.6 Å². The largest absolute Gasteiger partial charge is 0.491 e. The first-order chi connectivity index (χ1) is 11.2. The number of nitrogens with zero attached hydrogens (tertiary/aromatic N) is 1. The summed E-state index contributed by atoms with van der Waals surface area (Å²) in [6.07, 6.45) is -3.53. The molecule has 1 aliphatic heterocycles. The van der Waals surface area contributed by atoms with Crippen molar-refractivity contribution in [2.45, 2.75) is 44.1 Å². The number of esters is 1. The minimum atomic E-state index is -5.20. The quantitative estimate of drug-likeness (QED) is 0.675. The van der Waals surface area contributed by atoms with Gasteiger partial charge >= 0.3 is 12.1 Å². The van der Waals surface area contributed by atoms with Gasteiger partial charge in [0.1, 0.15) is 0 Å². The van der Waals surface area contributed by atoms with Crippen LogP contribution < -0.4 is 5.73 Å². The van der Waals surface area contributed by atoms with Crippen LogP contribution in [-0.4, -0.2) is 35.2 Å². The highest BCUT2D eigenvalue weighted by Gasteiger charge is 2.49. The highest BCUT2D eigenvalue weighted by Crippen LogP contribution is 2.26. The molecule has 0 bridgehead atoms. The summed E-state index contributed by atoms with van der Waals surface area (Å²) in [5.41, 5.74) is 4.31. The van der Waals surface area contributed by atoms with Crippen molar-refractivity contribution in [1.29, 1.82) is 0 Å². The number of alkyl halides is 3. The Kier molecular flexibility index (Phi) is 5.48. The first kappa shape index (κ1) is 18.3. The third-order valence-electron chi connectivity index (χ3n) is 3.85. The number of hydrogen-bond acceptors (Lipinski definition) is 4. The van der Waals surface area contributed by atoms with Crippen LogP contribution in [0.15, 0.2) is 30.3 Å². The SMILES string of the molecule is N[C@]1(OC(=O)C(F)(F)F)CCCCCN(Cc2ccccc2)C1=O. The number of ether oxygens (including phenoxy) is 1. The van der Waals surface area contributed by atoms with Crippen LogP contribution in [0.5, 0.6) is 0 Å². The molecule has 0 radical (unpaired) electrons. The molecule has 0 unspecified atom stereocenters. The number of hydrogen-bond donors (Lipinski definition) is 1. The van der Waals surface area contributed by atoms with Crippen LogP contribution in [0.4, 0.5) is 13.2 Å². The normalized spacial score (nSPS) is 22.7. The Bertz CT molecular complexity index is 592. The zero-order valence-electron chi connectivity index (χ0n) is 13.0. The van der Waals surface area contributed by atoms with Crippen LogP contribution in [0.25, 0.3) is 0 Å². The van der Waals surface area contributed by atoms with E-state index in [2.05, 4.69) is 4.74 Å². The van der Waals surface area contributed by atoms with Crippen LogP contribution in [0, 0.1) is 0 Å². The van der Waals surface area contributed by atoms with Crippen molar-refractivity contribution >= 4 is 11.9 Å². The number of carbonyl (C=O) groups is 2. The van der Waals surface area contributed by atoms with Crippen molar-refractivity contribution in [3.63, 3.8) is 0 Å². The minimum absolute atomic E-state index is 0.140. The number of benzene rings is 1. The van der Waals surface area contributed by atoms with Crippen molar-refractivity contribution in [3.05, 3.63) is 35.9 Å². The summed E-state index contributed by atoms with van der Waals surface area (Å²) in [6.45, 7) is 0.540. The molecule has 1 atom stereocenters. The lowest BCUT2D eigenvalue weighted by Crippen LogP contribution is -2.59. The van der Waals surface area contributed by atoms with E-state index in [0.717, 1.165) is 5.56 Å². The Hall–Kier alpha value is -2.09. The molecule has 1 aromatic rings. The van der Waals surface area contributed by atoms with E-state index in [9.17, 15) is 22.8 Å². The minimum Gasteiger partial charge on any atom is -0.428 e. The van der Waals surface area contributed by atoms with Gasteiger partial charge in [-0.15, -0.1) is 0 Å². The van der Waals surface area contributed by atoms with E-state index in [4.69, 9.17) is 5.73 Å². The number of rotatable bonds is 3. The van der Waals surface area contributed by atoms with Crippen LogP contribution in [0.1, 0.15) is 31.2 Å². The van der Waals surface area contributed by atoms with E-state index < -0.39 is 23.8 Å². The fraction of sp³-hybridized carbons (Fsp3) is 0.500. The van der Waals surface area contributed by atoms with Gasteiger partial charge in [-0.1, -0.05) is 36.8 Å². The molecule has 0 spiro atoms. The van der Waals surface area contributed by atoms with Gasteiger partial charge in [-0.2, -0.15) is 13.2 Å². The molecule has 24 heavy (non-hydrogen) atoms. The maximum Gasteiger partial charge on any atom is 0.491 e. The van der Waals surface area contributed by atoms with Crippen LogP contribution >= 0.6 is 0 Å². The molecule has 1 saturated heterocycles. The Morgan fingerprint density at radius 3 is 2.50 bits per heavy atom. The summed E-state index contributed by atoms with van der Waals surface area (Å²) in [4.78, 5) is 25.1. The summed E-state index contributed by atoms with van der Waals surface area (Å²) < 4.78 is 41.8. The number of amides is 1. The fourth-order valence-electron chi connectivity index (χ4n) is 2.62. The summed E-state index contributed by atoms with van der Waals surface area (Å²) >= 11 is 0. The van der Waals surface area contributed by atoms with E-state index in [0.29, 0.717) is 25.8 Å². The summed E-state index contributed by atoms with van der Waals surface area (Å²) in [7, 11) is 0. The summed E-state index contributed by atoms with van der Waals surface area (Å²) in [5.74, 6) is -3.25. The predicted molar refractivity (Wildman–Crippen MR) is 79.4 cm³/mol. The Labute approximate surface area is 137 Å². The van der Waals surface area contributed by atoms with Crippen LogP contribution in [0.3, 0.4) is 0 Å². The third kappa shape index (κ3) is 4.47. The molecule has 0 aromatic heterocycles. The van der Waals surface area contributed by atoms with Crippen LogP contribution in [-0.2, 0) is 20.9 Å². The molecule has 2 rings (SSSR count). The van der Waals surface area contributed by atoms with Gasteiger partial charge in [0.25, 0.3) is 5.91 Å².